The number of hydrogen-bond donors (Lipinski definition) is 1. The Balaban J connectivity index is 1.36. The molecule has 0 aromatic heterocycles. The van der Waals surface area contributed by atoms with Crippen LogP contribution in [0.15, 0.2) is 29.8 Å². The Morgan fingerprint density at radius 3 is 2.80 bits per heavy atom. The minimum atomic E-state index is -0.0772. The molecule has 5 nitrogen and oxygen atoms in total. The fourth-order valence-corrected chi connectivity index (χ4v) is 5.81. The molecule has 4 rings (SSSR count). The highest BCUT2D eigenvalue weighted by Crippen LogP contribution is 2.53. The third-order valence-electron chi connectivity index (χ3n) is 7.48. The minimum absolute atomic E-state index is 0.0321. The van der Waals surface area contributed by atoms with Gasteiger partial charge in [0.05, 0.1) is 20.1 Å². The van der Waals surface area contributed by atoms with Gasteiger partial charge in [-0.2, -0.15) is 0 Å². The predicted molar refractivity (Wildman–Crippen MR) is 117 cm³/mol. The van der Waals surface area contributed by atoms with Crippen LogP contribution in [0, 0.1) is 23.2 Å². The van der Waals surface area contributed by atoms with Crippen LogP contribution in [0.3, 0.4) is 0 Å². The van der Waals surface area contributed by atoms with Gasteiger partial charge in [-0.1, -0.05) is 38.0 Å². The number of hydrogen-bond acceptors (Lipinski definition) is 5. The highest BCUT2D eigenvalue weighted by atomic mass is 16.6. The van der Waals surface area contributed by atoms with Crippen LogP contribution in [0.25, 0.3) is 0 Å². The number of methoxy groups -OCH3 is 2. The summed E-state index contributed by atoms with van der Waals surface area (Å²) in [7, 11) is 3.29. The van der Waals surface area contributed by atoms with E-state index in [9.17, 15) is 4.79 Å². The van der Waals surface area contributed by atoms with Crippen LogP contribution in [-0.4, -0.2) is 39.4 Å². The van der Waals surface area contributed by atoms with Crippen molar-refractivity contribution in [3.05, 3.63) is 35.4 Å². The molecular formula is C25H35NO4. The average molecular weight is 414 g/mol. The summed E-state index contributed by atoms with van der Waals surface area (Å²) in [6, 6.07) is 6.00. The van der Waals surface area contributed by atoms with Gasteiger partial charge in [0.15, 0.2) is 11.5 Å². The Bertz CT molecular complexity index is 819. The summed E-state index contributed by atoms with van der Waals surface area (Å²) >= 11 is 0. The summed E-state index contributed by atoms with van der Waals surface area (Å²) in [5, 5.41) is 3.50. The summed E-state index contributed by atoms with van der Waals surface area (Å²) in [5.41, 5.74) is 2.97. The maximum absolute atomic E-state index is 12.6. The average Bonchev–Trinajstić information content (AvgIpc) is 3.03. The number of carbonyl (C=O) groups excluding carboxylic acids is 1. The lowest BCUT2D eigenvalue weighted by atomic mass is 9.59. The first kappa shape index (κ1) is 21.2. The van der Waals surface area contributed by atoms with Crippen LogP contribution < -0.4 is 14.8 Å². The molecule has 2 aliphatic carbocycles. The van der Waals surface area contributed by atoms with E-state index in [4.69, 9.17) is 14.2 Å². The second-order valence-corrected chi connectivity index (χ2v) is 9.48. The number of rotatable bonds is 7. The van der Waals surface area contributed by atoms with Gasteiger partial charge >= 0.3 is 5.97 Å². The van der Waals surface area contributed by atoms with Crippen molar-refractivity contribution in [2.45, 2.75) is 52.1 Å². The van der Waals surface area contributed by atoms with Crippen molar-refractivity contribution in [3.8, 4) is 11.5 Å². The van der Waals surface area contributed by atoms with Crippen molar-refractivity contribution in [1.29, 1.82) is 0 Å². The van der Waals surface area contributed by atoms with Crippen LogP contribution >= 0.6 is 0 Å². The second-order valence-electron chi connectivity index (χ2n) is 9.48. The monoisotopic (exact) mass is 413 g/mol. The smallest absolute Gasteiger partial charge is 0.311 e. The lowest BCUT2D eigenvalue weighted by Crippen LogP contribution is -2.40. The van der Waals surface area contributed by atoms with Crippen molar-refractivity contribution >= 4 is 5.97 Å². The van der Waals surface area contributed by atoms with Gasteiger partial charge in [0.1, 0.15) is 6.10 Å². The maximum Gasteiger partial charge on any atom is 0.311 e. The first-order chi connectivity index (χ1) is 14.4. The van der Waals surface area contributed by atoms with Crippen molar-refractivity contribution in [3.63, 3.8) is 0 Å². The van der Waals surface area contributed by atoms with Gasteiger partial charge in [-0.25, -0.2) is 0 Å². The van der Waals surface area contributed by atoms with Gasteiger partial charge in [0.25, 0.3) is 0 Å². The molecule has 0 bridgehead atoms. The van der Waals surface area contributed by atoms with Crippen molar-refractivity contribution in [2.24, 2.45) is 23.2 Å². The molecule has 1 N–H and O–H groups in total. The van der Waals surface area contributed by atoms with E-state index in [1.165, 1.54) is 24.8 Å². The van der Waals surface area contributed by atoms with Crippen LogP contribution in [0.5, 0.6) is 11.5 Å². The zero-order valence-electron chi connectivity index (χ0n) is 18.7. The Labute approximate surface area is 180 Å². The Kier molecular flexibility index (Phi) is 6.10. The van der Waals surface area contributed by atoms with E-state index in [2.05, 4.69) is 31.3 Å². The summed E-state index contributed by atoms with van der Waals surface area (Å²) in [6.45, 7) is 6.19. The van der Waals surface area contributed by atoms with E-state index in [1.807, 2.05) is 12.1 Å². The van der Waals surface area contributed by atoms with E-state index >= 15 is 0 Å². The summed E-state index contributed by atoms with van der Waals surface area (Å²) in [6.07, 6.45) is 8.09. The normalized spacial score (nSPS) is 32.7. The molecule has 164 valence electrons. The molecule has 5 heteroatoms. The topological polar surface area (TPSA) is 56.8 Å². The zero-order valence-corrected chi connectivity index (χ0v) is 18.7. The number of nitrogens with one attached hydrogen (secondary N) is 1. The fourth-order valence-electron chi connectivity index (χ4n) is 5.81. The van der Waals surface area contributed by atoms with Crippen LogP contribution in [0.1, 0.15) is 45.1 Å². The molecular weight excluding hydrogens is 378 g/mol. The van der Waals surface area contributed by atoms with Gasteiger partial charge in [0, 0.05) is 12.5 Å². The van der Waals surface area contributed by atoms with Gasteiger partial charge in [-0.05, 0) is 61.3 Å². The largest absolute Gasteiger partial charge is 0.493 e. The number of carbonyl (C=O) groups is 1. The Morgan fingerprint density at radius 1 is 1.23 bits per heavy atom. The van der Waals surface area contributed by atoms with Crippen molar-refractivity contribution in [1.82, 2.24) is 5.32 Å². The summed E-state index contributed by atoms with van der Waals surface area (Å²) < 4.78 is 16.5. The highest BCUT2D eigenvalue weighted by Gasteiger charge is 2.51. The fraction of sp³-hybridized carbons (Fsp3) is 0.640. The summed E-state index contributed by atoms with van der Waals surface area (Å²) in [4.78, 5) is 12.6. The molecule has 0 radical (unpaired) electrons. The number of ether oxygens (including phenoxy) is 3. The first-order valence-corrected chi connectivity index (χ1v) is 11.3. The predicted octanol–water partition coefficient (Wildman–Crippen LogP) is 4.15. The lowest BCUT2D eigenvalue weighted by molar-refractivity contribution is -0.145. The summed E-state index contributed by atoms with van der Waals surface area (Å²) in [5.74, 6) is 2.22. The second kappa shape index (κ2) is 8.62. The van der Waals surface area contributed by atoms with E-state index in [-0.39, 0.29) is 29.3 Å². The number of benzene rings is 1. The molecule has 1 saturated heterocycles. The van der Waals surface area contributed by atoms with E-state index < -0.39 is 0 Å². The molecule has 0 unspecified atom stereocenters. The Hall–Kier alpha value is -2.01. The Morgan fingerprint density at radius 2 is 2.03 bits per heavy atom. The van der Waals surface area contributed by atoms with Gasteiger partial charge in [-0.3, -0.25) is 4.79 Å². The van der Waals surface area contributed by atoms with Gasteiger partial charge in [-0.15, -0.1) is 0 Å². The highest BCUT2D eigenvalue weighted by molar-refractivity contribution is 5.76. The number of fused-ring (bicyclic) bond motifs is 2. The van der Waals surface area contributed by atoms with Crippen LogP contribution in [-0.2, 0) is 16.0 Å². The molecule has 30 heavy (non-hydrogen) atoms. The minimum Gasteiger partial charge on any atom is -0.493 e. The van der Waals surface area contributed by atoms with E-state index in [0.29, 0.717) is 12.5 Å². The van der Waals surface area contributed by atoms with Crippen molar-refractivity contribution < 1.29 is 19.0 Å². The molecule has 2 fully saturated rings. The third kappa shape index (κ3) is 3.96. The SMILES string of the molecule is COc1ccc(CCNC[C@@H]2C(=O)O[C@@H]3C[C@@]4(C)CCC[C@H](C)C4=C[C@H]23)cc1OC. The third-order valence-corrected chi connectivity index (χ3v) is 7.48. The van der Waals surface area contributed by atoms with E-state index in [1.54, 1.807) is 19.8 Å². The molecule has 1 heterocycles. The number of esters is 1. The zero-order chi connectivity index (χ0) is 21.3. The van der Waals surface area contributed by atoms with Gasteiger partial charge in [0.2, 0.25) is 0 Å². The first-order valence-electron chi connectivity index (χ1n) is 11.3. The molecule has 1 aliphatic heterocycles. The molecule has 3 aliphatic rings. The van der Waals surface area contributed by atoms with Gasteiger partial charge < -0.3 is 19.5 Å². The molecule has 1 saturated carbocycles. The molecule has 0 amide bonds. The quantitative estimate of drug-likeness (QED) is 0.413. The molecule has 1 aromatic rings. The molecule has 0 spiro atoms. The van der Waals surface area contributed by atoms with Crippen molar-refractivity contribution in [2.75, 3.05) is 27.3 Å². The number of allylic oxidation sites excluding steroid dienone is 1. The van der Waals surface area contributed by atoms with Crippen LogP contribution in [0.4, 0.5) is 0 Å². The van der Waals surface area contributed by atoms with E-state index in [0.717, 1.165) is 30.9 Å². The maximum atomic E-state index is 12.6. The van der Waals surface area contributed by atoms with Crippen LogP contribution in [0.2, 0.25) is 0 Å². The standard InChI is InChI=1S/C25H35NO4/c1-16-6-5-10-25(2)14-23-18(13-20(16)25)19(24(27)30-23)15-26-11-9-17-7-8-21(28-3)22(12-17)29-4/h7-8,12-13,16,18-19,23,26H,5-6,9-11,14-15H2,1-4H3/t16-,18+,19-,23+,25+/m0/s1. The molecule has 5 atom stereocenters. The molecule has 1 aromatic carbocycles. The lowest BCUT2D eigenvalue weighted by Gasteiger charge is -2.46.